The van der Waals surface area contributed by atoms with Crippen LogP contribution in [-0.4, -0.2) is 0 Å². The number of halogens is 2. The normalized spacial score (nSPS) is 11.7. The first-order valence-electron chi connectivity index (χ1n) is 17.3. The maximum absolute atomic E-state index is 14.8. The van der Waals surface area contributed by atoms with Gasteiger partial charge in [0.1, 0.15) is 11.2 Å². The number of para-hydroxylation sites is 1. The molecule has 0 aliphatic heterocycles. The third-order valence-corrected chi connectivity index (χ3v) is 10.2. The van der Waals surface area contributed by atoms with Crippen molar-refractivity contribution in [1.82, 2.24) is 0 Å². The largest absolute Gasteiger partial charge is 0.456 e. The molecule has 0 unspecified atom stereocenters. The number of fused-ring (bicyclic) bond motifs is 6. The monoisotopic (exact) mass is 673 g/mol. The van der Waals surface area contributed by atoms with Gasteiger partial charge in [0.15, 0.2) is 11.6 Å². The van der Waals surface area contributed by atoms with Gasteiger partial charge in [0.25, 0.3) is 0 Å². The molecule has 1 heterocycles. The quantitative estimate of drug-likeness (QED) is 0.169. The van der Waals surface area contributed by atoms with E-state index >= 15 is 0 Å². The minimum atomic E-state index is -0.904. The molecular weight excluding hydrogens is 645 g/mol. The average molecular weight is 674 g/mol. The molecule has 2 nitrogen and oxygen atoms in total. The molecule has 0 aliphatic rings. The van der Waals surface area contributed by atoms with Gasteiger partial charge in [0.2, 0.25) is 0 Å². The highest BCUT2D eigenvalue weighted by Crippen LogP contribution is 2.46. The van der Waals surface area contributed by atoms with Gasteiger partial charge >= 0.3 is 0 Å². The molecular formula is C48H29F2NO. The Morgan fingerprint density at radius 1 is 0.365 bits per heavy atom. The Hall–Kier alpha value is -6.78. The summed E-state index contributed by atoms with van der Waals surface area (Å²) in [5.41, 5.74) is 8.30. The van der Waals surface area contributed by atoms with Crippen LogP contribution in [0.25, 0.3) is 76.5 Å². The molecule has 0 N–H and O–H groups in total. The molecule has 9 aromatic carbocycles. The Morgan fingerprint density at radius 3 is 1.62 bits per heavy atom. The molecule has 0 spiro atoms. The summed E-state index contributed by atoms with van der Waals surface area (Å²) in [6.07, 6.45) is 0. The molecule has 10 rings (SSSR count). The zero-order valence-electron chi connectivity index (χ0n) is 27.9. The van der Waals surface area contributed by atoms with Crippen molar-refractivity contribution in [2.75, 3.05) is 4.90 Å². The first-order chi connectivity index (χ1) is 25.6. The SMILES string of the molecule is Fc1ccc(N(c2ccc(-c3c4ccccc4c(-c4cccc5ccccc45)c4ccccc34)cc2)c2ccc3oc4ccccc4c3c2)cc1F. The third-order valence-electron chi connectivity index (χ3n) is 10.2. The molecule has 10 aromatic rings. The van der Waals surface area contributed by atoms with E-state index in [1.54, 1.807) is 6.07 Å². The van der Waals surface area contributed by atoms with Gasteiger partial charge < -0.3 is 9.32 Å². The molecule has 0 aliphatic carbocycles. The van der Waals surface area contributed by atoms with Crippen LogP contribution in [0.15, 0.2) is 180 Å². The third kappa shape index (κ3) is 4.76. The fraction of sp³-hybridized carbons (Fsp3) is 0. The van der Waals surface area contributed by atoms with Crippen LogP contribution in [0.4, 0.5) is 25.8 Å². The van der Waals surface area contributed by atoms with Crippen LogP contribution in [0.5, 0.6) is 0 Å². The lowest BCUT2D eigenvalue weighted by molar-refractivity contribution is 0.509. The van der Waals surface area contributed by atoms with Crippen LogP contribution >= 0.6 is 0 Å². The lowest BCUT2D eigenvalue weighted by Crippen LogP contribution is -2.10. The topological polar surface area (TPSA) is 16.4 Å². The second kappa shape index (κ2) is 11.9. The van der Waals surface area contributed by atoms with Crippen LogP contribution in [0, 0.1) is 11.6 Å². The Bertz CT molecular complexity index is 2940. The van der Waals surface area contributed by atoms with Gasteiger partial charge in [0, 0.05) is 33.9 Å². The van der Waals surface area contributed by atoms with Crippen molar-refractivity contribution in [1.29, 1.82) is 0 Å². The van der Waals surface area contributed by atoms with E-state index in [1.165, 1.54) is 44.8 Å². The van der Waals surface area contributed by atoms with Crippen LogP contribution in [0.3, 0.4) is 0 Å². The lowest BCUT2D eigenvalue weighted by Gasteiger charge is -2.26. The molecule has 4 heteroatoms. The predicted octanol–water partition coefficient (Wildman–Crippen LogP) is 14.1. The molecule has 246 valence electrons. The van der Waals surface area contributed by atoms with E-state index in [2.05, 4.69) is 115 Å². The van der Waals surface area contributed by atoms with E-state index in [-0.39, 0.29) is 0 Å². The summed E-state index contributed by atoms with van der Waals surface area (Å²) < 4.78 is 35.1. The summed E-state index contributed by atoms with van der Waals surface area (Å²) in [6.45, 7) is 0. The molecule has 0 saturated heterocycles. The van der Waals surface area contributed by atoms with E-state index in [0.717, 1.165) is 55.2 Å². The minimum Gasteiger partial charge on any atom is -0.456 e. The highest BCUT2D eigenvalue weighted by Gasteiger charge is 2.20. The molecule has 0 radical (unpaired) electrons. The van der Waals surface area contributed by atoms with Gasteiger partial charge in [-0.1, -0.05) is 121 Å². The summed E-state index contributed by atoms with van der Waals surface area (Å²) in [6, 6.07) is 58.6. The minimum absolute atomic E-state index is 0.508. The Labute approximate surface area is 298 Å². The van der Waals surface area contributed by atoms with E-state index in [4.69, 9.17) is 4.42 Å². The van der Waals surface area contributed by atoms with Gasteiger partial charge in [-0.25, -0.2) is 8.78 Å². The number of anilines is 3. The number of nitrogens with zero attached hydrogens (tertiary/aromatic N) is 1. The number of rotatable bonds is 5. The summed E-state index contributed by atoms with van der Waals surface area (Å²) in [7, 11) is 0. The number of furan rings is 1. The van der Waals surface area contributed by atoms with Gasteiger partial charge in [-0.2, -0.15) is 0 Å². The standard InChI is InChI=1S/C48H29F2NO/c49-43-26-24-34(29-44(43)50)51(33-25-27-46-42(28-33)36-13-7-8-19-45(36)52-46)32-22-20-31(21-23-32)47-38-14-3-5-16-40(38)48(41-17-6-4-15-39(41)47)37-18-9-11-30-10-1-2-12-35(30)37/h1-29H. The average Bonchev–Trinajstić information content (AvgIpc) is 3.57. The Balaban J connectivity index is 1.17. The summed E-state index contributed by atoms with van der Waals surface area (Å²) in [4.78, 5) is 1.95. The van der Waals surface area contributed by atoms with Crippen molar-refractivity contribution in [2.24, 2.45) is 0 Å². The summed E-state index contributed by atoms with van der Waals surface area (Å²) >= 11 is 0. The maximum Gasteiger partial charge on any atom is 0.160 e. The van der Waals surface area contributed by atoms with Crippen molar-refractivity contribution in [2.45, 2.75) is 0 Å². The Morgan fingerprint density at radius 2 is 0.904 bits per heavy atom. The fourth-order valence-corrected chi connectivity index (χ4v) is 7.87. The molecule has 1 aromatic heterocycles. The highest BCUT2D eigenvalue weighted by atomic mass is 19.2. The Kier molecular flexibility index (Phi) is 6.90. The first-order valence-corrected chi connectivity index (χ1v) is 17.3. The summed E-state index contributed by atoms with van der Waals surface area (Å²) in [5, 5.41) is 9.04. The smallest absolute Gasteiger partial charge is 0.160 e. The van der Waals surface area contributed by atoms with E-state index in [9.17, 15) is 8.78 Å². The van der Waals surface area contributed by atoms with Crippen molar-refractivity contribution in [3.05, 3.63) is 188 Å². The van der Waals surface area contributed by atoms with Crippen LogP contribution in [-0.2, 0) is 0 Å². The molecule has 0 fully saturated rings. The van der Waals surface area contributed by atoms with Gasteiger partial charge in [-0.05, 0) is 103 Å². The number of hydrogen-bond acceptors (Lipinski definition) is 2. The number of hydrogen-bond donors (Lipinski definition) is 0. The van der Waals surface area contributed by atoms with Crippen LogP contribution in [0.2, 0.25) is 0 Å². The van der Waals surface area contributed by atoms with Crippen molar-refractivity contribution in [3.8, 4) is 22.3 Å². The van der Waals surface area contributed by atoms with Gasteiger partial charge in [-0.15, -0.1) is 0 Å². The highest BCUT2D eigenvalue weighted by molar-refractivity contribution is 6.23. The molecule has 0 atom stereocenters. The van der Waals surface area contributed by atoms with Crippen LogP contribution < -0.4 is 4.90 Å². The van der Waals surface area contributed by atoms with Gasteiger partial charge in [-0.3, -0.25) is 0 Å². The lowest BCUT2D eigenvalue weighted by atomic mass is 9.85. The van der Waals surface area contributed by atoms with Crippen LogP contribution in [0.1, 0.15) is 0 Å². The zero-order valence-corrected chi connectivity index (χ0v) is 27.9. The van der Waals surface area contributed by atoms with E-state index < -0.39 is 11.6 Å². The van der Waals surface area contributed by atoms with Crippen molar-refractivity contribution >= 4 is 71.3 Å². The predicted molar refractivity (Wildman–Crippen MR) is 212 cm³/mol. The molecule has 52 heavy (non-hydrogen) atoms. The zero-order chi connectivity index (χ0) is 34.8. The van der Waals surface area contributed by atoms with E-state index in [1.807, 2.05) is 47.4 Å². The molecule has 0 bridgehead atoms. The maximum atomic E-state index is 14.8. The first kappa shape index (κ1) is 30.1. The van der Waals surface area contributed by atoms with Crippen molar-refractivity contribution in [3.63, 3.8) is 0 Å². The fourth-order valence-electron chi connectivity index (χ4n) is 7.87. The van der Waals surface area contributed by atoms with E-state index in [0.29, 0.717) is 5.69 Å². The summed E-state index contributed by atoms with van der Waals surface area (Å²) in [5.74, 6) is -1.79. The van der Waals surface area contributed by atoms with Crippen molar-refractivity contribution < 1.29 is 13.2 Å². The molecule has 0 saturated carbocycles. The second-order valence-corrected chi connectivity index (χ2v) is 13.1. The number of benzene rings is 9. The van der Waals surface area contributed by atoms with Gasteiger partial charge in [0.05, 0.1) is 0 Å². The second-order valence-electron chi connectivity index (χ2n) is 13.1. The molecule has 0 amide bonds.